The number of carbonyl (C=O) groups is 1. The van der Waals surface area contributed by atoms with Crippen LogP contribution in [0.25, 0.3) is 10.9 Å². The van der Waals surface area contributed by atoms with E-state index in [4.69, 9.17) is 10.00 Å². The second-order valence-electron chi connectivity index (χ2n) is 7.69. The molecule has 2 atom stereocenters. The molecular weight excluding hydrogens is 407 g/mol. The van der Waals surface area contributed by atoms with Crippen molar-refractivity contribution in [1.82, 2.24) is 4.98 Å². The molecule has 1 amide bonds. The molecule has 0 aliphatic heterocycles. The predicted molar refractivity (Wildman–Crippen MR) is 109 cm³/mol. The lowest BCUT2D eigenvalue weighted by atomic mass is 10.1. The van der Waals surface area contributed by atoms with E-state index in [-0.39, 0.29) is 17.7 Å². The van der Waals surface area contributed by atoms with E-state index in [1.54, 1.807) is 12.3 Å². The van der Waals surface area contributed by atoms with Crippen LogP contribution in [0.3, 0.4) is 0 Å². The van der Waals surface area contributed by atoms with E-state index in [2.05, 4.69) is 16.4 Å². The Hall–Kier alpha value is -3.47. The molecule has 1 heterocycles. The van der Waals surface area contributed by atoms with Crippen LogP contribution in [0.4, 0.5) is 18.9 Å². The maximum Gasteiger partial charge on any atom is 0.416 e. The standard InChI is InChI=1S/C23H20F3N3O2/c24-23(25,26)17-3-1-14(2-4-17)7-8-31-18-5-6-20-19(11-18)21(13-28-20)29-22(30)10-15-9-16(15)12-27/h1-6,11,13,15-16,28H,7-10H2,(H,29,30)/t15-,16+/m1/s1. The third-order valence-electron chi connectivity index (χ3n) is 5.40. The molecule has 0 radical (unpaired) electrons. The lowest BCUT2D eigenvalue weighted by Crippen LogP contribution is -2.12. The number of halogens is 3. The SMILES string of the molecule is N#C[C@@H]1C[C@@H]1CC(=O)Nc1c[nH]c2ccc(OCCc3ccc(C(F)(F)F)cc3)cc12. The summed E-state index contributed by atoms with van der Waals surface area (Å²) >= 11 is 0. The average Bonchev–Trinajstić information content (AvgIpc) is 3.37. The number of nitrogens with one attached hydrogen (secondary N) is 2. The first kappa shape index (κ1) is 20.8. The molecule has 1 saturated carbocycles. The molecule has 5 nitrogen and oxygen atoms in total. The highest BCUT2D eigenvalue weighted by atomic mass is 19.4. The Morgan fingerprint density at radius 3 is 2.68 bits per heavy atom. The first-order chi connectivity index (χ1) is 14.8. The van der Waals surface area contributed by atoms with E-state index in [1.807, 2.05) is 12.1 Å². The van der Waals surface area contributed by atoms with Crippen molar-refractivity contribution in [2.24, 2.45) is 11.8 Å². The molecule has 2 N–H and O–H groups in total. The van der Waals surface area contributed by atoms with E-state index in [1.165, 1.54) is 12.1 Å². The zero-order chi connectivity index (χ0) is 22.0. The largest absolute Gasteiger partial charge is 0.493 e. The van der Waals surface area contributed by atoms with Gasteiger partial charge in [0.2, 0.25) is 5.91 Å². The van der Waals surface area contributed by atoms with Crippen molar-refractivity contribution in [2.45, 2.75) is 25.4 Å². The number of fused-ring (bicyclic) bond motifs is 1. The van der Waals surface area contributed by atoms with Crippen LogP contribution in [-0.2, 0) is 17.4 Å². The number of hydrogen-bond donors (Lipinski definition) is 2. The molecule has 0 saturated heterocycles. The Morgan fingerprint density at radius 1 is 1.23 bits per heavy atom. The number of anilines is 1. The zero-order valence-corrected chi connectivity index (χ0v) is 16.5. The summed E-state index contributed by atoms with van der Waals surface area (Å²) < 4.78 is 43.7. The Balaban J connectivity index is 1.35. The number of aromatic amines is 1. The van der Waals surface area contributed by atoms with Crippen LogP contribution in [0.15, 0.2) is 48.7 Å². The first-order valence-electron chi connectivity index (χ1n) is 9.93. The minimum Gasteiger partial charge on any atom is -0.493 e. The third-order valence-corrected chi connectivity index (χ3v) is 5.40. The fourth-order valence-electron chi connectivity index (χ4n) is 3.51. The van der Waals surface area contributed by atoms with Crippen LogP contribution < -0.4 is 10.1 Å². The van der Waals surface area contributed by atoms with Gasteiger partial charge in [0.25, 0.3) is 0 Å². The van der Waals surface area contributed by atoms with Gasteiger partial charge < -0.3 is 15.0 Å². The number of rotatable bonds is 7. The van der Waals surface area contributed by atoms with Gasteiger partial charge in [0.15, 0.2) is 0 Å². The molecule has 160 valence electrons. The number of aromatic nitrogens is 1. The van der Waals surface area contributed by atoms with Crippen LogP contribution in [0, 0.1) is 23.2 Å². The molecule has 0 unspecified atom stereocenters. The molecule has 3 aromatic rings. The van der Waals surface area contributed by atoms with E-state index in [0.29, 0.717) is 30.9 Å². The van der Waals surface area contributed by atoms with Gasteiger partial charge in [-0.2, -0.15) is 18.4 Å². The smallest absolute Gasteiger partial charge is 0.416 e. The van der Waals surface area contributed by atoms with Crippen LogP contribution in [0.5, 0.6) is 5.75 Å². The molecule has 4 rings (SSSR count). The van der Waals surface area contributed by atoms with Crippen LogP contribution in [-0.4, -0.2) is 17.5 Å². The summed E-state index contributed by atoms with van der Waals surface area (Å²) in [6.45, 7) is 0.306. The van der Waals surface area contributed by atoms with Gasteiger partial charge in [-0.15, -0.1) is 0 Å². The van der Waals surface area contributed by atoms with Crippen molar-refractivity contribution in [1.29, 1.82) is 5.26 Å². The van der Waals surface area contributed by atoms with E-state index < -0.39 is 11.7 Å². The van der Waals surface area contributed by atoms with Crippen LogP contribution >= 0.6 is 0 Å². The number of amides is 1. The molecule has 1 aromatic heterocycles. The van der Waals surface area contributed by atoms with Crippen molar-refractivity contribution in [2.75, 3.05) is 11.9 Å². The summed E-state index contributed by atoms with van der Waals surface area (Å²) in [6, 6.07) is 12.6. The lowest BCUT2D eigenvalue weighted by molar-refractivity contribution is -0.137. The van der Waals surface area contributed by atoms with Gasteiger partial charge >= 0.3 is 6.18 Å². The van der Waals surface area contributed by atoms with E-state index in [9.17, 15) is 18.0 Å². The summed E-state index contributed by atoms with van der Waals surface area (Å²) in [6.07, 6.45) is -1.06. The molecule has 0 spiro atoms. The second-order valence-corrected chi connectivity index (χ2v) is 7.69. The molecule has 2 aromatic carbocycles. The monoisotopic (exact) mass is 427 g/mol. The van der Waals surface area contributed by atoms with Crippen molar-refractivity contribution in [3.63, 3.8) is 0 Å². The average molecular weight is 427 g/mol. The van der Waals surface area contributed by atoms with Gasteiger partial charge in [-0.3, -0.25) is 4.79 Å². The fraction of sp³-hybridized carbons (Fsp3) is 0.304. The minimum absolute atomic E-state index is 0.0154. The number of H-pyrrole nitrogens is 1. The number of carbonyl (C=O) groups excluding carboxylic acids is 1. The number of alkyl halides is 3. The maximum atomic E-state index is 12.6. The third kappa shape index (κ3) is 5.00. The molecule has 1 aliphatic carbocycles. The highest BCUT2D eigenvalue weighted by molar-refractivity contribution is 6.02. The van der Waals surface area contributed by atoms with Gasteiger partial charge in [-0.1, -0.05) is 12.1 Å². The molecular formula is C23H20F3N3O2. The topological polar surface area (TPSA) is 77.9 Å². The lowest BCUT2D eigenvalue weighted by Gasteiger charge is -2.09. The Labute approximate surface area is 176 Å². The quantitative estimate of drug-likeness (QED) is 0.537. The number of ether oxygens (including phenoxy) is 1. The van der Waals surface area contributed by atoms with Crippen LogP contribution in [0.1, 0.15) is 24.0 Å². The normalized spacial score (nSPS) is 17.9. The molecule has 1 fully saturated rings. The van der Waals surface area contributed by atoms with Crippen molar-refractivity contribution < 1.29 is 22.7 Å². The van der Waals surface area contributed by atoms with Gasteiger partial charge in [0.1, 0.15) is 5.75 Å². The summed E-state index contributed by atoms with van der Waals surface area (Å²) in [4.78, 5) is 15.3. The fourth-order valence-corrected chi connectivity index (χ4v) is 3.51. The molecule has 31 heavy (non-hydrogen) atoms. The Morgan fingerprint density at radius 2 is 2.00 bits per heavy atom. The minimum atomic E-state index is -4.34. The predicted octanol–water partition coefficient (Wildman–Crippen LogP) is 5.30. The highest BCUT2D eigenvalue weighted by Gasteiger charge is 2.38. The maximum absolute atomic E-state index is 12.6. The number of benzene rings is 2. The summed E-state index contributed by atoms with van der Waals surface area (Å²) in [5, 5.41) is 12.5. The molecule has 1 aliphatic rings. The van der Waals surface area contributed by atoms with Gasteiger partial charge in [0.05, 0.1) is 29.8 Å². The molecule has 8 heteroatoms. The van der Waals surface area contributed by atoms with Crippen molar-refractivity contribution in [3.8, 4) is 11.8 Å². The van der Waals surface area contributed by atoms with Crippen molar-refractivity contribution >= 4 is 22.5 Å². The van der Waals surface area contributed by atoms with Crippen LogP contribution in [0.2, 0.25) is 0 Å². The van der Waals surface area contributed by atoms with Gasteiger partial charge in [-0.25, -0.2) is 0 Å². The summed E-state index contributed by atoms with van der Waals surface area (Å²) in [5.41, 5.74) is 1.56. The van der Waals surface area contributed by atoms with E-state index >= 15 is 0 Å². The van der Waals surface area contributed by atoms with E-state index in [0.717, 1.165) is 35.0 Å². The number of nitrogens with zero attached hydrogens (tertiary/aromatic N) is 1. The highest BCUT2D eigenvalue weighted by Crippen LogP contribution is 2.40. The number of hydrogen-bond acceptors (Lipinski definition) is 3. The summed E-state index contributed by atoms with van der Waals surface area (Å²) in [7, 11) is 0. The van der Waals surface area contributed by atoms with Gasteiger partial charge in [-0.05, 0) is 48.2 Å². The van der Waals surface area contributed by atoms with Crippen molar-refractivity contribution in [3.05, 3.63) is 59.8 Å². The Bertz CT molecular complexity index is 1130. The molecule has 0 bridgehead atoms. The number of nitriles is 1. The second kappa shape index (κ2) is 8.34. The first-order valence-corrected chi connectivity index (χ1v) is 9.93. The zero-order valence-electron chi connectivity index (χ0n) is 16.5. The summed E-state index contributed by atoms with van der Waals surface area (Å²) in [5.74, 6) is 0.594. The Kier molecular flexibility index (Phi) is 5.59. The van der Waals surface area contributed by atoms with Gasteiger partial charge in [0, 0.05) is 29.9 Å².